The van der Waals surface area contributed by atoms with Gasteiger partial charge in [-0.25, -0.2) is 4.68 Å². The predicted molar refractivity (Wildman–Crippen MR) is 65.7 cm³/mol. The van der Waals surface area contributed by atoms with Crippen LogP contribution in [0.25, 0.3) is 5.69 Å². The quantitative estimate of drug-likeness (QED) is 0.848. The standard InChI is InChI=1S/C13H17N3/c1-3-14-10-12-4-6-13(7-5-12)16-9-8-11(2)15-16/h4-9,14H,3,10H2,1-2H3. The van der Waals surface area contributed by atoms with E-state index >= 15 is 0 Å². The molecule has 0 aliphatic carbocycles. The van der Waals surface area contributed by atoms with Crippen LogP contribution < -0.4 is 5.32 Å². The average molecular weight is 215 g/mol. The summed E-state index contributed by atoms with van der Waals surface area (Å²) in [5.74, 6) is 0. The van der Waals surface area contributed by atoms with Gasteiger partial charge in [0.1, 0.15) is 0 Å². The molecule has 84 valence electrons. The van der Waals surface area contributed by atoms with Crippen LogP contribution in [0.3, 0.4) is 0 Å². The maximum atomic E-state index is 4.37. The molecular weight excluding hydrogens is 198 g/mol. The summed E-state index contributed by atoms with van der Waals surface area (Å²) in [5, 5.41) is 7.68. The Kier molecular flexibility index (Phi) is 3.37. The maximum Gasteiger partial charge on any atom is 0.0645 e. The van der Waals surface area contributed by atoms with Crippen molar-refractivity contribution in [1.82, 2.24) is 15.1 Å². The molecule has 1 heterocycles. The van der Waals surface area contributed by atoms with Crippen molar-refractivity contribution in [3.63, 3.8) is 0 Å². The second kappa shape index (κ2) is 4.94. The van der Waals surface area contributed by atoms with Gasteiger partial charge in [0.25, 0.3) is 0 Å². The fourth-order valence-electron chi connectivity index (χ4n) is 1.59. The highest BCUT2D eigenvalue weighted by molar-refractivity contribution is 5.34. The van der Waals surface area contributed by atoms with Gasteiger partial charge in [0.05, 0.1) is 11.4 Å². The van der Waals surface area contributed by atoms with Crippen molar-refractivity contribution < 1.29 is 0 Å². The SMILES string of the molecule is CCNCc1ccc(-n2ccc(C)n2)cc1. The van der Waals surface area contributed by atoms with Crippen LogP contribution in [0.15, 0.2) is 36.5 Å². The first-order valence-electron chi connectivity index (χ1n) is 5.62. The molecule has 0 saturated carbocycles. The average Bonchev–Trinajstić information content (AvgIpc) is 2.74. The van der Waals surface area contributed by atoms with Crippen molar-refractivity contribution in [2.24, 2.45) is 0 Å². The first kappa shape index (κ1) is 10.9. The minimum absolute atomic E-state index is 0.926. The predicted octanol–water partition coefficient (Wildman–Crippen LogP) is 2.29. The number of benzene rings is 1. The first-order chi connectivity index (χ1) is 7.79. The summed E-state index contributed by atoms with van der Waals surface area (Å²) < 4.78 is 1.90. The van der Waals surface area contributed by atoms with Crippen molar-refractivity contribution in [3.05, 3.63) is 47.8 Å². The molecule has 16 heavy (non-hydrogen) atoms. The smallest absolute Gasteiger partial charge is 0.0645 e. The molecule has 0 amide bonds. The number of aryl methyl sites for hydroxylation is 1. The van der Waals surface area contributed by atoms with Crippen LogP contribution >= 0.6 is 0 Å². The molecule has 0 radical (unpaired) electrons. The lowest BCUT2D eigenvalue weighted by molar-refractivity contribution is 0.726. The number of nitrogens with one attached hydrogen (secondary N) is 1. The van der Waals surface area contributed by atoms with Gasteiger partial charge in [-0.3, -0.25) is 0 Å². The second-order valence-corrected chi connectivity index (χ2v) is 3.85. The van der Waals surface area contributed by atoms with E-state index in [1.807, 2.05) is 23.9 Å². The Hall–Kier alpha value is -1.61. The zero-order valence-corrected chi connectivity index (χ0v) is 9.77. The van der Waals surface area contributed by atoms with E-state index in [1.165, 1.54) is 5.56 Å². The second-order valence-electron chi connectivity index (χ2n) is 3.85. The Bertz CT molecular complexity index is 442. The normalized spacial score (nSPS) is 10.6. The highest BCUT2D eigenvalue weighted by Crippen LogP contribution is 2.09. The van der Waals surface area contributed by atoms with Gasteiger partial charge in [-0.15, -0.1) is 0 Å². The lowest BCUT2D eigenvalue weighted by Gasteiger charge is -2.04. The number of aromatic nitrogens is 2. The largest absolute Gasteiger partial charge is 0.313 e. The van der Waals surface area contributed by atoms with Crippen molar-refractivity contribution in [2.75, 3.05) is 6.54 Å². The van der Waals surface area contributed by atoms with E-state index in [1.54, 1.807) is 0 Å². The summed E-state index contributed by atoms with van der Waals surface area (Å²) in [6, 6.07) is 10.5. The van der Waals surface area contributed by atoms with Crippen molar-refractivity contribution in [2.45, 2.75) is 20.4 Å². The lowest BCUT2D eigenvalue weighted by Crippen LogP contribution is -2.11. The molecule has 0 unspecified atom stereocenters. The lowest BCUT2D eigenvalue weighted by atomic mass is 10.2. The Morgan fingerprint density at radius 3 is 2.50 bits per heavy atom. The molecule has 0 fully saturated rings. The highest BCUT2D eigenvalue weighted by Gasteiger charge is 1.98. The van der Waals surface area contributed by atoms with E-state index in [0.717, 1.165) is 24.5 Å². The van der Waals surface area contributed by atoms with Gasteiger partial charge in [-0.05, 0) is 37.2 Å². The van der Waals surface area contributed by atoms with E-state index in [9.17, 15) is 0 Å². The van der Waals surface area contributed by atoms with Crippen molar-refractivity contribution in [1.29, 1.82) is 0 Å². The van der Waals surface area contributed by atoms with Gasteiger partial charge in [-0.2, -0.15) is 5.10 Å². The number of hydrogen-bond acceptors (Lipinski definition) is 2. The van der Waals surface area contributed by atoms with Crippen molar-refractivity contribution in [3.8, 4) is 5.69 Å². The fourth-order valence-corrected chi connectivity index (χ4v) is 1.59. The Balaban J connectivity index is 2.13. The van der Waals surface area contributed by atoms with Crippen LogP contribution in [0.4, 0.5) is 0 Å². The van der Waals surface area contributed by atoms with E-state index in [4.69, 9.17) is 0 Å². The van der Waals surface area contributed by atoms with E-state index in [2.05, 4.69) is 41.6 Å². The minimum Gasteiger partial charge on any atom is -0.313 e. The molecule has 0 spiro atoms. The van der Waals surface area contributed by atoms with Gasteiger partial charge in [0, 0.05) is 12.7 Å². The number of rotatable bonds is 4. The molecule has 0 bridgehead atoms. The van der Waals surface area contributed by atoms with Gasteiger partial charge >= 0.3 is 0 Å². The summed E-state index contributed by atoms with van der Waals surface area (Å²) in [5.41, 5.74) is 3.44. The van der Waals surface area contributed by atoms with Crippen LogP contribution in [-0.2, 0) is 6.54 Å². The van der Waals surface area contributed by atoms with E-state index in [0.29, 0.717) is 0 Å². The highest BCUT2D eigenvalue weighted by atomic mass is 15.3. The molecule has 0 atom stereocenters. The minimum atomic E-state index is 0.926. The maximum absolute atomic E-state index is 4.37. The van der Waals surface area contributed by atoms with Crippen LogP contribution in [0.5, 0.6) is 0 Å². The molecule has 3 heteroatoms. The zero-order chi connectivity index (χ0) is 11.4. The van der Waals surface area contributed by atoms with Crippen molar-refractivity contribution >= 4 is 0 Å². The van der Waals surface area contributed by atoms with Crippen LogP contribution in [-0.4, -0.2) is 16.3 Å². The third-order valence-corrected chi connectivity index (χ3v) is 2.50. The van der Waals surface area contributed by atoms with Gasteiger partial charge in [0.2, 0.25) is 0 Å². The third-order valence-electron chi connectivity index (χ3n) is 2.50. The molecule has 0 saturated heterocycles. The molecular formula is C13H17N3. The molecule has 1 aromatic heterocycles. The van der Waals surface area contributed by atoms with Gasteiger partial charge in [0.15, 0.2) is 0 Å². The molecule has 2 rings (SSSR count). The summed E-state index contributed by atoms with van der Waals surface area (Å²) in [4.78, 5) is 0. The van der Waals surface area contributed by atoms with E-state index < -0.39 is 0 Å². The zero-order valence-electron chi connectivity index (χ0n) is 9.77. The molecule has 2 aromatic rings. The third kappa shape index (κ3) is 2.49. The topological polar surface area (TPSA) is 29.9 Å². The molecule has 0 aliphatic heterocycles. The summed E-state index contributed by atoms with van der Waals surface area (Å²) in [7, 11) is 0. The van der Waals surface area contributed by atoms with Crippen LogP contribution in [0, 0.1) is 6.92 Å². The summed E-state index contributed by atoms with van der Waals surface area (Å²) >= 11 is 0. The molecule has 0 aliphatic rings. The van der Waals surface area contributed by atoms with Crippen LogP contribution in [0.2, 0.25) is 0 Å². The Labute approximate surface area is 96.1 Å². The monoisotopic (exact) mass is 215 g/mol. The Morgan fingerprint density at radius 2 is 1.94 bits per heavy atom. The Morgan fingerprint density at radius 1 is 1.19 bits per heavy atom. The van der Waals surface area contributed by atoms with E-state index in [-0.39, 0.29) is 0 Å². The molecule has 1 N–H and O–H groups in total. The number of hydrogen-bond donors (Lipinski definition) is 1. The summed E-state index contributed by atoms with van der Waals surface area (Å²) in [6.45, 7) is 6.03. The van der Waals surface area contributed by atoms with Gasteiger partial charge < -0.3 is 5.32 Å². The number of nitrogens with zero attached hydrogens (tertiary/aromatic N) is 2. The van der Waals surface area contributed by atoms with Crippen LogP contribution in [0.1, 0.15) is 18.2 Å². The first-order valence-corrected chi connectivity index (χ1v) is 5.62. The summed E-state index contributed by atoms with van der Waals surface area (Å²) in [6.07, 6.45) is 1.98. The molecule has 1 aromatic carbocycles. The van der Waals surface area contributed by atoms with Gasteiger partial charge in [-0.1, -0.05) is 19.1 Å². The fraction of sp³-hybridized carbons (Fsp3) is 0.308. The molecule has 3 nitrogen and oxygen atoms in total.